The number of para-hydroxylation sites is 1. The summed E-state index contributed by atoms with van der Waals surface area (Å²) in [7, 11) is 0. The summed E-state index contributed by atoms with van der Waals surface area (Å²) < 4.78 is 1.82. The van der Waals surface area contributed by atoms with Gasteiger partial charge < -0.3 is 5.11 Å². The lowest BCUT2D eigenvalue weighted by molar-refractivity contribution is 0.0952. The molecule has 7 nitrogen and oxygen atoms in total. The van der Waals surface area contributed by atoms with Crippen LogP contribution in [0, 0.1) is 0 Å². The topological polar surface area (TPSA) is 92.4 Å². The molecule has 1 amide bonds. The van der Waals surface area contributed by atoms with Gasteiger partial charge in [-0.05, 0) is 29.8 Å². The largest absolute Gasteiger partial charge is 0.507 e. The molecule has 2 N–H and O–H groups in total. The highest BCUT2D eigenvalue weighted by Crippen LogP contribution is 2.20. The van der Waals surface area contributed by atoms with Gasteiger partial charge in [0.05, 0.1) is 18.3 Å². The molecule has 30 heavy (non-hydrogen) atoms. The Hall–Kier alpha value is -4.26. The fourth-order valence-electron chi connectivity index (χ4n) is 3.00. The first-order chi connectivity index (χ1) is 14.7. The number of benzene rings is 2. The number of hydrogen-bond acceptors (Lipinski definition) is 5. The Kier molecular flexibility index (Phi) is 5.61. The Morgan fingerprint density at radius 2 is 1.87 bits per heavy atom. The number of amides is 1. The van der Waals surface area contributed by atoms with Crippen molar-refractivity contribution in [2.45, 2.75) is 6.54 Å². The molecule has 0 aliphatic heterocycles. The third kappa shape index (κ3) is 4.41. The van der Waals surface area contributed by atoms with E-state index < -0.39 is 5.91 Å². The molecular weight excluding hydrogens is 378 g/mol. The first-order valence-corrected chi connectivity index (χ1v) is 9.34. The summed E-state index contributed by atoms with van der Waals surface area (Å²) in [5, 5.41) is 18.5. The number of rotatable bonds is 6. The van der Waals surface area contributed by atoms with Gasteiger partial charge in [-0.15, -0.1) is 0 Å². The predicted octanol–water partition coefficient (Wildman–Crippen LogP) is 3.46. The summed E-state index contributed by atoms with van der Waals surface area (Å²) in [5.41, 5.74) is 6.00. The quantitative estimate of drug-likeness (QED) is 0.385. The van der Waals surface area contributed by atoms with Gasteiger partial charge in [-0.2, -0.15) is 10.2 Å². The Labute approximate surface area is 173 Å². The number of nitrogens with zero attached hydrogens (tertiary/aromatic N) is 4. The summed E-state index contributed by atoms with van der Waals surface area (Å²) in [4.78, 5) is 16.4. The molecule has 0 spiro atoms. The lowest BCUT2D eigenvalue weighted by Crippen LogP contribution is -2.17. The van der Waals surface area contributed by atoms with E-state index in [9.17, 15) is 9.90 Å². The average molecular weight is 397 g/mol. The molecule has 0 aliphatic rings. The molecule has 0 saturated heterocycles. The van der Waals surface area contributed by atoms with E-state index in [1.807, 2.05) is 53.3 Å². The molecule has 0 aliphatic carbocycles. The van der Waals surface area contributed by atoms with Crippen molar-refractivity contribution in [2.24, 2.45) is 5.10 Å². The van der Waals surface area contributed by atoms with Gasteiger partial charge in [0.2, 0.25) is 0 Å². The minimum atomic E-state index is -0.496. The van der Waals surface area contributed by atoms with Crippen LogP contribution in [0.15, 0.2) is 90.4 Å². The Bertz CT molecular complexity index is 1170. The Morgan fingerprint density at radius 1 is 1.07 bits per heavy atom. The first kappa shape index (κ1) is 19.1. The minimum Gasteiger partial charge on any atom is -0.507 e. The summed E-state index contributed by atoms with van der Waals surface area (Å²) >= 11 is 0. The smallest absolute Gasteiger partial charge is 0.275 e. The monoisotopic (exact) mass is 397 g/mol. The molecule has 0 saturated carbocycles. The van der Waals surface area contributed by atoms with Crippen LogP contribution in [0.2, 0.25) is 0 Å². The third-order valence-electron chi connectivity index (χ3n) is 4.43. The van der Waals surface area contributed by atoms with E-state index in [2.05, 4.69) is 20.6 Å². The molecule has 2 aromatic carbocycles. The molecule has 0 radical (unpaired) electrons. The van der Waals surface area contributed by atoms with Crippen LogP contribution < -0.4 is 5.43 Å². The highest BCUT2D eigenvalue weighted by molar-refractivity contribution is 5.97. The number of pyridine rings is 1. The average Bonchev–Trinajstić information content (AvgIpc) is 3.17. The Balaban J connectivity index is 1.58. The van der Waals surface area contributed by atoms with Gasteiger partial charge in [-0.3, -0.25) is 14.5 Å². The zero-order valence-corrected chi connectivity index (χ0v) is 16.0. The number of phenolic OH excluding ortho intramolecular Hbond substituents is 1. The second-order valence-electron chi connectivity index (χ2n) is 6.57. The lowest BCUT2D eigenvalue weighted by atomic mass is 10.1. The standard InChI is InChI=1S/C23H19N5O2/c29-21-11-5-4-10-20(21)23(30)26-25-14-19-16-28(15-17-7-2-1-3-8-17)27-22(19)18-9-6-12-24-13-18/h1-14,16,29H,15H2,(H,26,30)/b25-14+. The number of hydrazone groups is 1. The van der Waals surface area contributed by atoms with Crippen LogP contribution in [0.5, 0.6) is 5.75 Å². The highest BCUT2D eigenvalue weighted by Gasteiger charge is 2.12. The van der Waals surface area contributed by atoms with Crippen LogP contribution in [0.3, 0.4) is 0 Å². The molecule has 148 valence electrons. The fraction of sp³-hybridized carbons (Fsp3) is 0.0435. The van der Waals surface area contributed by atoms with Crippen molar-refractivity contribution in [1.82, 2.24) is 20.2 Å². The van der Waals surface area contributed by atoms with Crippen LogP contribution in [0.1, 0.15) is 21.5 Å². The molecule has 7 heteroatoms. The van der Waals surface area contributed by atoms with Gasteiger partial charge in [0.1, 0.15) is 11.4 Å². The highest BCUT2D eigenvalue weighted by atomic mass is 16.3. The summed E-state index contributed by atoms with van der Waals surface area (Å²) in [6.07, 6.45) is 6.83. The van der Waals surface area contributed by atoms with Crippen molar-refractivity contribution in [1.29, 1.82) is 0 Å². The van der Waals surface area contributed by atoms with E-state index in [1.54, 1.807) is 24.5 Å². The molecule has 2 aromatic heterocycles. The van der Waals surface area contributed by atoms with Crippen LogP contribution in [-0.4, -0.2) is 32.0 Å². The first-order valence-electron chi connectivity index (χ1n) is 9.34. The van der Waals surface area contributed by atoms with Gasteiger partial charge in [0, 0.05) is 29.7 Å². The van der Waals surface area contributed by atoms with E-state index >= 15 is 0 Å². The van der Waals surface area contributed by atoms with E-state index in [1.165, 1.54) is 18.3 Å². The molecule has 2 heterocycles. The molecule has 4 aromatic rings. The predicted molar refractivity (Wildman–Crippen MR) is 114 cm³/mol. The van der Waals surface area contributed by atoms with E-state index in [0.29, 0.717) is 12.2 Å². The second kappa shape index (κ2) is 8.83. The van der Waals surface area contributed by atoms with Crippen molar-refractivity contribution in [3.05, 3.63) is 102 Å². The number of nitrogens with one attached hydrogen (secondary N) is 1. The fourth-order valence-corrected chi connectivity index (χ4v) is 3.00. The zero-order chi connectivity index (χ0) is 20.8. The number of phenols is 1. The summed E-state index contributed by atoms with van der Waals surface area (Å²) in [6.45, 7) is 0.603. The minimum absolute atomic E-state index is 0.100. The van der Waals surface area contributed by atoms with E-state index in [0.717, 1.165) is 16.7 Å². The molecule has 0 fully saturated rings. The molecule has 0 bridgehead atoms. The second-order valence-corrected chi connectivity index (χ2v) is 6.57. The van der Waals surface area contributed by atoms with Crippen molar-refractivity contribution >= 4 is 12.1 Å². The lowest BCUT2D eigenvalue weighted by Gasteiger charge is -2.02. The van der Waals surface area contributed by atoms with Gasteiger partial charge in [-0.1, -0.05) is 42.5 Å². The molecule has 0 atom stereocenters. The SMILES string of the molecule is O=C(N/N=C/c1cn(Cc2ccccc2)nc1-c1cccnc1)c1ccccc1O. The van der Waals surface area contributed by atoms with Gasteiger partial charge in [0.25, 0.3) is 5.91 Å². The Morgan fingerprint density at radius 3 is 2.63 bits per heavy atom. The van der Waals surface area contributed by atoms with E-state index in [-0.39, 0.29) is 11.3 Å². The summed E-state index contributed by atoms with van der Waals surface area (Å²) in [5.74, 6) is -0.596. The maximum atomic E-state index is 12.2. The van der Waals surface area contributed by atoms with Crippen LogP contribution in [0.25, 0.3) is 11.3 Å². The summed E-state index contributed by atoms with van der Waals surface area (Å²) in [6, 6.07) is 20.1. The zero-order valence-electron chi connectivity index (χ0n) is 16.0. The van der Waals surface area contributed by atoms with Gasteiger partial charge in [-0.25, -0.2) is 5.43 Å². The maximum absolute atomic E-state index is 12.2. The number of hydrogen-bond donors (Lipinski definition) is 2. The number of aromatic hydroxyl groups is 1. The van der Waals surface area contributed by atoms with Crippen molar-refractivity contribution in [3.63, 3.8) is 0 Å². The molecule has 0 unspecified atom stereocenters. The van der Waals surface area contributed by atoms with Crippen LogP contribution in [-0.2, 0) is 6.54 Å². The van der Waals surface area contributed by atoms with E-state index in [4.69, 9.17) is 0 Å². The van der Waals surface area contributed by atoms with Crippen molar-refractivity contribution < 1.29 is 9.90 Å². The normalized spacial score (nSPS) is 10.9. The van der Waals surface area contributed by atoms with Crippen molar-refractivity contribution in [2.75, 3.05) is 0 Å². The van der Waals surface area contributed by atoms with Crippen molar-refractivity contribution in [3.8, 4) is 17.0 Å². The van der Waals surface area contributed by atoms with Crippen LogP contribution >= 0.6 is 0 Å². The number of carbonyl (C=O) groups excluding carboxylic acids is 1. The van der Waals surface area contributed by atoms with Crippen LogP contribution in [0.4, 0.5) is 0 Å². The van der Waals surface area contributed by atoms with Gasteiger partial charge in [0.15, 0.2) is 0 Å². The molecule has 4 rings (SSSR count). The number of carbonyl (C=O) groups is 1. The molecular formula is C23H19N5O2. The van der Waals surface area contributed by atoms with Gasteiger partial charge >= 0.3 is 0 Å². The number of aromatic nitrogens is 3. The third-order valence-corrected chi connectivity index (χ3v) is 4.43. The maximum Gasteiger partial charge on any atom is 0.275 e.